The lowest BCUT2D eigenvalue weighted by Crippen LogP contribution is -2.48. The van der Waals surface area contributed by atoms with Gasteiger partial charge in [0.15, 0.2) is 0 Å². The number of piperidine rings is 1. The molecule has 0 amide bonds. The van der Waals surface area contributed by atoms with Gasteiger partial charge in [-0.3, -0.25) is 0 Å². The molecule has 2 aliphatic heterocycles. The summed E-state index contributed by atoms with van der Waals surface area (Å²) >= 11 is 0. The molecule has 0 radical (unpaired) electrons. The topological polar surface area (TPSA) is 49.4 Å². The van der Waals surface area contributed by atoms with Crippen molar-refractivity contribution >= 4 is 10.0 Å². The highest BCUT2D eigenvalue weighted by Gasteiger charge is 2.48. The third-order valence-corrected chi connectivity index (χ3v) is 6.32. The molecule has 88 valence electrons. The number of sulfonamides is 1. The summed E-state index contributed by atoms with van der Waals surface area (Å²) in [5, 5.41) is 3.27. The first kappa shape index (κ1) is 11.4. The summed E-state index contributed by atoms with van der Waals surface area (Å²) in [6, 6.07) is 0.186. The highest BCUT2D eigenvalue weighted by atomic mass is 32.2. The molecule has 2 rings (SSSR count). The largest absolute Gasteiger partial charge is 0.315 e. The van der Waals surface area contributed by atoms with Gasteiger partial charge in [0.1, 0.15) is 0 Å². The van der Waals surface area contributed by atoms with E-state index in [-0.39, 0.29) is 6.04 Å². The fourth-order valence-corrected chi connectivity index (χ4v) is 4.29. The SMILES string of the molecule is CC1(C)CCN([C@H]2CCCNC2)S1(=O)=O. The summed E-state index contributed by atoms with van der Waals surface area (Å²) < 4.78 is 25.6. The number of rotatable bonds is 1. The third kappa shape index (κ3) is 1.81. The van der Waals surface area contributed by atoms with E-state index in [2.05, 4.69) is 5.32 Å². The second kappa shape index (κ2) is 3.71. The van der Waals surface area contributed by atoms with Crippen LogP contribution in [0.1, 0.15) is 33.1 Å². The molecule has 2 saturated heterocycles. The highest BCUT2D eigenvalue weighted by molar-refractivity contribution is 7.90. The maximum atomic E-state index is 12.2. The second-order valence-electron chi connectivity index (χ2n) is 5.13. The molecule has 0 aliphatic carbocycles. The van der Waals surface area contributed by atoms with Crippen molar-refractivity contribution in [3.05, 3.63) is 0 Å². The lowest BCUT2D eigenvalue weighted by atomic mass is 10.1. The molecule has 2 aliphatic rings. The van der Waals surface area contributed by atoms with E-state index in [4.69, 9.17) is 0 Å². The minimum atomic E-state index is -3.07. The standard InChI is InChI=1S/C10H20N2O2S/c1-10(2)5-7-12(15(10,13)14)9-4-3-6-11-8-9/h9,11H,3-8H2,1-2H3/t9-/m0/s1. The van der Waals surface area contributed by atoms with Gasteiger partial charge < -0.3 is 5.32 Å². The van der Waals surface area contributed by atoms with Crippen LogP contribution in [0.25, 0.3) is 0 Å². The average molecular weight is 232 g/mol. The van der Waals surface area contributed by atoms with Crippen molar-refractivity contribution in [2.75, 3.05) is 19.6 Å². The minimum absolute atomic E-state index is 0.186. The van der Waals surface area contributed by atoms with Gasteiger partial charge in [-0.25, -0.2) is 8.42 Å². The van der Waals surface area contributed by atoms with Crippen molar-refractivity contribution < 1.29 is 8.42 Å². The van der Waals surface area contributed by atoms with Crippen molar-refractivity contribution in [3.63, 3.8) is 0 Å². The average Bonchev–Trinajstić information content (AvgIpc) is 2.39. The van der Waals surface area contributed by atoms with Crippen molar-refractivity contribution in [1.29, 1.82) is 0 Å². The quantitative estimate of drug-likeness (QED) is 0.718. The van der Waals surface area contributed by atoms with Gasteiger partial charge in [-0.2, -0.15) is 4.31 Å². The van der Waals surface area contributed by atoms with Gasteiger partial charge in [0.25, 0.3) is 0 Å². The van der Waals surface area contributed by atoms with Gasteiger partial charge in [-0.05, 0) is 39.7 Å². The van der Waals surface area contributed by atoms with Crippen LogP contribution in [0.3, 0.4) is 0 Å². The Morgan fingerprint density at radius 3 is 2.60 bits per heavy atom. The van der Waals surface area contributed by atoms with E-state index in [1.165, 1.54) is 0 Å². The number of nitrogens with zero attached hydrogens (tertiary/aromatic N) is 1. The Morgan fingerprint density at radius 2 is 2.13 bits per heavy atom. The summed E-state index contributed by atoms with van der Waals surface area (Å²) in [6.07, 6.45) is 2.84. The van der Waals surface area contributed by atoms with Crippen molar-refractivity contribution in [3.8, 4) is 0 Å². The van der Waals surface area contributed by atoms with Crippen LogP contribution >= 0.6 is 0 Å². The molecular formula is C10H20N2O2S. The molecule has 5 heteroatoms. The first-order valence-corrected chi connectivity index (χ1v) is 7.11. The molecule has 0 unspecified atom stereocenters. The van der Waals surface area contributed by atoms with Crippen molar-refractivity contribution in [2.45, 2.75) is 43.9 Å². The molecule has 0 aromatic rings. The van der Waals surface area contributed by atoms with Gasteiger partial charge in [0.05, 0.1) is 4.75 Å². The number of hydrogen-bond acceptors (Lipinski definition) is 3. The van der Waals surface area contributed by atoms with Gasteiger partial charge in [-0.15, -0.1) is 0 Å². The van der Waals surface area contributed by atoms with Crippen LogP contribution in [-0.2, 0) is 10.0 Å². The summed E-state index contributed by atoms with van der Waals surface area (Å²) in [5.74, 6) is 0. The van der Waals surface area contributed by atoms with E-state index < -0.39 is 14.8 Å². The minimum Gasteiger partial charge on any atom is -0.315 e. The third-order valence-electron chi connectivity index (χ3n) is 3.62. The Morgan fingerprint density at radius 1 is 1.40 bits per heavy atom. The molecule has 0 spiro atoms. The molecule has 2 fully saturated rings. The molecule has 0 aromatic carbocycles. The summed E-state index contributed by atoms with van der Waals surface area (Å²) in [7, 11) is -3.07. The molecule has 0 saturated carbocycles. The molecule has 15 heavy (non-hydrogen) atoms. The Hall–Kier alpha value is -0.130. The molecule has 0 aromatic heterocycles. The second-order valence-corrected chi connectivity index (χ2v) is 7.65. The van der Waals surface area contributed by atoms with Gasteiger partial charge in [0, 0.05) is 19.1 Å². The molecule has 1 N–H and O–H groups in total. The Kier molecular flexibility index (Phi) is 2.81. The van der Waals surface area contributed by atoms with Crippen molar-refractivity contribution in [1.82, 2.24) is 9.62 Å². The van der Waals surface area contributed by atoms with Gasteiger partial charge in [0.2, 0.25) is 10.0 Å². The molecule has 4 nitrogen and oxygen atoms in total. The van der Waals surface area contributed by atoms with E-state index in [1.807, 2.05) is 13.8 Å². The van der Waals surface area contributed by atoms with Crippen LogP contribution in [-0.4, -0.2) is 43.1 Å². The first-order valence-electron chi connectivity index (χ1n) is 5.67. The zero-order valence-electron chi connectivity index (χ0n) is 9.49. The first-order chi connectivity index (χ1) is 6.95. The zero-order chi connectivity index (χ0) is 11.1. The van der Waals surface area contributed by atoms with E-state index in [1.54, 1.807) is 4.31 Å². The van der Waals surface area contributed by atoms with Crippen LogP contribution in [0.2, 0.25) is 0 Å². The van der Waals surface area contributed by atoms with E-state index in [0.717, 1.165) is 32.4 Å². The molecule has 2 heterocycles. The highest BCUT2D eigenvalue weighted by Crippen LogP contribution is 2.34. The Bertz CT molecular complexity index is 331. The molecule has 0 bridgehead atoms. The van der Waals surface area contributed by atoms with E-state index in [0.29, 0.717) is 6.54 Å². The molecular weight excluding hydrogens is 212 g/mol. The summed E-state index contributed by atoms with van der Waals surface area (Å²) in [4.78, 5) is 0. The maximum Gasteiger partial charge on any atom is 0.219 e. The summed E-state index contributed by atoms with van der Waals surface area (Å²) in [6.45, 7) is 6.20. The number of hydrogen-bond donors (Lipinski definition) is 1. The Labute approximate surface area is 92.1 Å². The predicted octanol–water partition coefficient (Wildman–Crippen LogP) is 0.552. The lowest BCUT2D eigenvalue weighted by molar-refractivity contribution is 0.280. The van der Waals surface area contributed by atoms with Crippen LogP contribution in [0.15, 0.2) is 0 Å². The van der Waals surface area contributed by atoms with Crippen molar-refractivity contribution in [2.24, 2.45) is 0 Å². The monoisotopic (exact) mass is 232 g/mol. The zero-order valence-corrected chi connectivity index (χ0v) is 10.3. The molecule has 1 atom stereocenters. The van der Waals surface area contributed by atoms with Gasteiger partial charge in [-0.1, -0.05) is 0 Å². The van der Waals surface area contributed by atoms with E-state index >= 15 is 0 Å². The fourth-order valence-electron chi connectivity index (χ4n) is 2.40. The predicted molar refractivity (Wildman–Crippen MR) is 60.2 cm³/mol. The number of nitrogens with one attached hydrogen (secondary N) is 1. The normalized spacial score (nSPS) is 35.5. The fraction of sp³-hybridized carbons (Fsp3) is 1.00. The van der Waals surface area contributed by atoms with Crippen LogP contribution < -0.4 is 5.32 Å². The lowest BCUT2D eigenvalue weighted by Gasteiger charge is -2.31. The Balaban J connectivity index is 2.18. The van der Waals surface area contributed by atoms with Crippen LogP contribution in [0, 0.1) is 0 Å². The van der Waals surface area contributed by atoms with E-state index in [9.17, 15) is 8.42 Å². The van der Waals surface area contributed by atoms with Crippen LogP contribution in [0.5, 0.6) is 0 Å². The van der Waals surface area contributed by atoms with Crippen LogP contribution in [0.4, 0.5) is 0 Å². The van der Waals surface area contributed by atoms with Gasteiger partial charge >= 0.3 is 0 Å². The summed E-state index contributed by atoms with van der Waals surface area (Å²) in [5.41, 5.74) is 0. The smallest absolute Gasteiger partial charge is 0.219 e. The maximum absolute atomic E-state index is 12.2.